The van der Waals surface area contributed by atoms with Crippen LogP contribution in [0.4, 0.5) is 11.5 Å². The number of aromatic nitrogens is 2. The fourth-order valence-electron chi connectivity index (χ4n) is 4.37. The summed E-state index contributed by atoms with van der Waals surface area (Å²) >= 11 is 0. The highest BCUT2D eigenvalue weighted by Crippen LogP contribution is 2.39. The smallest absolute Gasteiger partial charge is 0.230 e. The predicted octanol–water partition coefficient (Wildman–Crippen LogP) is 5.44. The maximum Gasteiger partial charge on any atom is 0.230 e. The van der Waals surface area contributed by atoms with E-state index in [0.717, 1.165) is 39.3 Å². The van der Waals surface area contributed by atoms with Gasteiger partial charge in [-0.15, -0.1) is 0 Å². The highest BCUT2D eigenvalue weighted by molar-refractivity contribution is 5.94. The van der Waals surface area contributed by atoms with Crippen molar-refractivity contribution in [2.45, 2.75) is 25.7 Å². The standard InChI is InChI=1S/C29H26N4O2/c1-18-15-26-28(23-13-10-21(30)17-24(18)23)31-25(14-9-19-5-3-2-4-6-19)29(32-26)33-27(35)16-20-7-11-22(34)12-8-20/h2-14,17-18,34H,15-16,30H2,1H3,(H,32,33,35)/b14-9+/t18-/m1/s1. The van der Waals surface area contributed by atoms with Crippen LogP contribution in [0.5, 0.6) is 5.75 Å². The molecule has 1 atom stereocenters. The number of rotatable bonds is 5. The second kappa shape index (κ2) is 9.43. The summed E-state index contributed by atoms with van der Waals surface area (Å²) in [6.07, 6.45) is 4.72. The molecule has 0 bridgehead atoms. The first-order valence-electron chi connectivity index (χ1n) is 11.6. The summed E-state index contributed by atoms with van der Waals surface area (Å²) in [5.41, 5.74) is 13.0. The SMILES string of the molecule is C[C@@H]1Cc2nc(NC(=O)Cc3ccc(O)cc3)c(/C=C/c3ccccc3)nc2-c2ccc(N)cc21. The molecule has 1 aliphatic carbocycles. The summed E-state index contributed by atoms with van der Waals surface area (Å²) in [5.74, 6) is 0.642. The topological polar surface area (TPSA) is 101 Å². The Morgan fingerprint density at radius 1 is 1.06 bits per heavy atom. The van der Waals surface area contributed by atoms with E-state index in [0.29, 0.717) is 17.9 Å². The molecule has 4 N–H and O–H groups in total. The number of nitrogens with two attached hydrogens (primary N) is 1. The third-order valence-electron chi connectivity index (χ3n) is 6.15. The van der Waals surface area contributed by atoms with Gasteiger partial charge < -0.3 is 16.2 Å². The lowest BCUT2D eigenvalue weighted by Crippen LogP contribution is -2.19. The molecule has 174 valence electrons. The molecular weight excluding hydrogens is 436 g/mol. The van der Waals surface area contributed by atoms with Crippen molar-refractivity contribution in [3.8, 4) is 17.0 Å². The van der Waals surface area contributed by atoms with Gasteiger partial charge in [-0.25, -0.2) is 9.97 Å². The van der Waals surface area contributed by atoms with Crippen LogP contribution in [0, 0.1) is 0 Å². The van der Waals surface area contributed by atoms with E-state index in [9.17, 15) is 9.90 Å². The van der Waals surface area contributed by atoms with Gasteiger partial charge in [0, 0.05) is 11.3 Å². The number of hydrogen-bond acceptors (Lipinski definition) is 5. The first-order valence-corrected chi connectivity index (χ1v) is 11.6. The van der Waals surface area contributed by atoms with Crippen LogP contribution in [-0.2, 0) is 17.6 Å². The quantitative estimate of drug-likeness (QED) is 0.343. The molecule has 0 spiro atoms. The number of aromatic hydroxyl groups is 1. The van der Waals surface area contributed by atoms with Gasteiger partial charge in [-0.05, 0) is 59.4 Å². The summed E-state index contributed by atoms with van der Waals surface area (Å²) < 4.78 is 0. The maximum atomic E-state index is 12.9. The Hall–Kier alpha value is -4.45. The van der Waals surface area contributed by atoms with Gasteiger partial charge in [0.1, 0.15) is 11.4 Å². The monoisotopic (exact) mass is 462 g/mol. The zero-order valence-electron chi connectivity index (χ0n) is 19.4. The Morgan fingerprint density at radius 2 is 1.83 bits per heavy atom. The number of anilines is 2. The van der Waals surface area contributed by atoms with E-state index in [4.69, 9.17) is 15.7 Å². The number of amides is 1. The van der Waals surface area contributed by atoms with Gasteiger partial charge in [0.25, 0.3) is 0 Å². The summed E-state index contributed by atoms with van der Waals surface area (Å²) in [5, 5.41) is 12.5. The number of carbonyl (C=O) groups excluding carboxylic acids is 1. The second-order valence-electron chi connectivity index (χ2n) is 8.84. The Labute approximate surface area is 204 Å². The van der Waals surface area contributed by atoms with Gasteiger partial charge in [0.15, 0.2) is 5.82 Å². The molecule has 6 nitrogen and oxygen atoms in total. The van der Waals surface area contributed by atoms with Crippen LogP contribution >= 0.6 is 0 Å². The summed E-state index contributed by atoms with van der Waals surface area (Å²) in [6, 6.07) is 22.4. The normalized spacial score (nSPS) is 14.4. The fraction of sp³-hybridized carbons (Fsp3) is 0.138. The number of benzene rings is 3. The van der Waals surface area contributed by atoms with Crippen LogP contribution in [0.1, 0.15) is 40.9 Å². The highest BCUT2D eigenvalue weighted by Gasteiger charge is 2.26. The van der Waals surface area contributed by atoms with Crippen LogP contribution in [0.25, 0.3) is 23.4 Å². The molecule has 1 heterocycles. The zero-order valence-corrected chi connectivity index (χ0v) is 19.4. The molecule has 0 saturated carbocycles. The van der Waals surface area contributed by atoms with E-state index in [1.54, 1.807) is 24.3 Å². The minimum absolute atomic E-state index is 0.166. The summed E-state index contributed by atoms with van der Waals surface area (Å²) in [7, 11) is 0. The molecule has 0 aliphatic heterocycles. The number of nitrogen functional groups attached to an aromatic ring is 1. The molecule has 1 aromatic heterocycles. The van der Waals surface area contributed by atoms with Gasteiger partial charge in [0.05, 0.1) is 17.8 Å². The lowest BCUT2D eigenvalue weighted by atomic mass is 9.84. The summed E-state index contributed by atoms with van der Waals surface area (Å²) in [6.45, 7) is 2.15. The molecule has 0 saturated heterocycles. The van der Waals surface area contributed by atoms with Crippen LogP contribution < -0.4 is 11.1 Å². The van der Waals surface area contributed by atoms with Crippen molar-refractivity contribution in [2.75, 3.05) is 11.1 Å². The molecule has 4 aromatic rings. The largest absolute Gasteiger partial charge is 0.508 e. The van der Waals surface area contributed by atoms with Gasteiger partial charge in [0.2, 0.25) is 5.91 Å². The number of carbonyl (C=O) groups is 1. The van der Waals surface area contributed by atoms with Gasteiger partial charge in [-0.3, -0.25) is 4.79 Å². The van der Waals surface area contributed by atoms with Gasteiger partial charge in [-0.2, -0.15) is 0 Å². The van der Waals surface area contributed by atoms with E-state index in [1.807, 2.05) is 60.7 Å². The van der Waals surface area contributed by atoms with Crippen LogP contribution in [-0.4, -0.2) is 21.0 Å². The summed E-state index contributed by atoms with van der Waals surface area (Å²) in [4.78, 5) is 22.7. The van der Waals surface area contributed by atoms with Crippen molar-refractivity contribution < 1.29 is 9.90 Å². The molecule has 3 aromatic carbocycles. The van der Waals surface area contributed by atoms with Crippen LogP contribution in [0.15, 0.2) is 72.8 Å². The number of nitrogens with one attached hydrogen (secondary N) is 1. The van der Waals surface area contributed by atoms with E-state index in [-0.39, 0.29) is 24.0 Å². The fourth-order valence-corrected chi connectivity index (χ4v) is 4.37. The zero-order chi connectivity index (χ0) is 24.4. The Balaban J connectivity index is 1.53. The average Bonchev–Trinajstić information content (AvgIpc) is 2.85. The predicted molar refractivity (Wildman–Crippen MR) is 140 cm³/mol. The highest BCUT2D eigenvalue weighted by atomic mass is 16.3. The molecule has 0 fully saturated rings. The number of phenols is 1. The Morgan fingerprint density at radius 3 is 2.60 bits per heavy atom. The minimum atomic E-state index is -0.198. The van der Waals surface area contributed by atoms with Crippen molar-refractivity contribution in [1.82, 2.24) is 9.97 Å². The number of hydrogen-bond donors (Lipinski definition) is 3. The van der Waals surface area contributed by atoms with E-state index < -0.39 is 0 Å². The van der Waals surface area contributed by atoms with Crippen molar-refractivity contribution in [3.63, 3.8) is 0 Å². The number of fused-ring (bicyclic) bond motifs is 3. The van der Waals surface area contributed by atoms with Gasteiger partial charge >= 0.3 is 0 Å². The second-order valence-corrected chi connectivity index (χ2v) is 8.84. The van der Waals surface area contributed by atoms with Crippen LogP contribution in [0.2, 0.25) is 0 Å². The maximum absolute atomic E-state index is 12.9. The third kappa shape index (κ3) is 4.92. The Kier molecular flexibility index (Phi) is 6.02. The van der Waals surface area contributed by atoms with E-state index in [2.05, 4.69) is 12.2 Å². The molecule has 5 rings (SSSR count). The van der Waals surface area contributed by atoms with Crippen molar-refractivity contribution >= 4 is 29.6 Å². The minimum Gasteiger partial charge on any atom is -0.508 e. The molecular formula is C29H26N4O2. The molecule has 35 heavy (non-hydrogen) atoms. The number of nitrogens with zero attached hydrogens (tertiary/aromatic N) is 2. The molecule has 1 aliphatic rings. The Bertz CT molecular complexity index is 1410. The average molecular weight is 463 g/mol. The number of phenolic OH excluding ortho intramolecular Hbond substituents is 1. The molecule has 1 amide bonds. The lowest BCUT2D eigenvalue weighted by Gasteiger charge is -2.25. The third-order valence-corrected chi connectivity index (χ3v) is 6.15. The van der Waals surface area contributed by atoms with E-state index >= 15 is 0 Å². The molecule has 0 radical (unpaired) electrons. The first kappa shape index (κ1) is 22.3. The van der Waals surface area contributed by atoms with Crippen LogP contribution in [0.3, 0.4) is 0 Å². The van der Waals surface area contributed by atoms with Crippen molar-refractivity contribution in [3.05, 3.63) is 101 Å². The van der Waals surface area contributed by atoms with Crippen molar-refractivity contribution in [1.29, 1.82) is 0 Å². The molecule has 0 unspecified atom stereocenters. The lowest BCUT2D eigenvalue weighted by molar-refractivity contribution is -0.115. The molecule has 6 heteroatoms. The van der Waals surface area contributed by atoms with Gasteiger partial charge in [-0.1, -0.05) is 61.5 Å². The van der Waals surface area contributed by atoms with E-state index in [1.165, 1.54) is 0 Å². The van der Waals surface area contributed by atoms with Crippen molar-refractivity contribution in [2.24, 2.45) is 0 Å². The first-order chi connectivity index (χ1) is 17.0.